The fourth-order valence-electron chi connectivity index (χ4n) is 0.486. The van der Waals surface area contributed by atoms with Crippen LogP contribution >= 0.6 is 24.0 Å². The molecule has 0 aliphatic heterocycles. The standard InChI is InChI=1S/C7H12O2S2/c1-4-6(10)11-7(2,3)9-5-8/h5H,4H2,1-3H3. The van der Waals surface area contributed by atoms with Gasteiger partial charge in [-0.2, -0.15) is 0 Å². The van der Waals surface area contributed by atoms with Gasteiger partial charge in [0.15, 0.2) is 4.93 Å². The molecule has 2 nitrogen and oxygen atoms in total. The summed E-state index contributed by atoms with van der Waals surface area (Å²) in [4.78, 5) is 9.49. The largest absolute Gasteiger partial charge is 0.450 e. The smallest absolute Gasteiger partial charge is 0.294 e. The Morgan fingerprint density at radius 1 is 1.73 bits per heavy atom. The van der Waals surface area contributed by atoms with E-state index >= 15 is 0 Å². The zero-order valence-electron chi connectivity index (χ0n) is 6.92. The minimum Gasteiger partial charge on any atom is -0.450 e. The van der Waals surface area contributed by atoms with Crippen LogP contribution in [-0.2, 0) is 9.53 Å². The fraction of sp³-hybridized carbons (Fsp3) is 0.714. The van der Waals surface area contributed by atoms with E-state index in [9.17, 15) is 4.79 Å². The summed E-state index contributed by atoms with van der Waals surface area (Å²) in [5.41, 5.74) is 0. The first-order chi connectivity index (χ1) is 5.02. The Morgan fingerprint density at radius 2 is 2.27 bits per heavy atom. The molecule has 0 saturated carbocycles. The van der Waals surface area contributed by atoms with Crippen molar-refractivity contribution in [3.05, 3.63) is 0 Å². The Bertz CT molecular complexity index is 155. The van der Waals surface area contributed by atoms with E-state index in [1.807, 2.05) is 20.8 Å². The molecule has 0 aliphatic carbocycles. The number of rotatable bonds is 4. The molecular formula is C7H12O2S2. The third-order valence-corrected chi connectivity index (χ3v) is 2.62. The highest BCUT2D eigenvalue weighted by molar-refractivity contribution is 8.23. The molecule has 0 aromatic rings. The second kappa shape index (κ2) is 4.72. The number of thiocarbonyl (C=S) groups is 1. The summed E-state index contributed by atoms with van der Waals surface area (Å²) in [6.45, 7) is 6.06. The molecule has 0 heterocycles. The van der Waals surface area contributed by atoms with E-state index in [1.54, 1.807) is 0 Å². The number of thioether (sulfide) groups is 1. The lowest BCUT2D eigenvalue weighted by Crippen LogP contribution is -2.20. The second-order valence-electron chi connectivity index (χ2n) is 2.44. The molecule has 0 aromatic heterocycles. The van der Waals surface area contributed by atoms with Crippen LogP contribution in [0.15, 0.2) is 0 Å². The van der Waals surface area contributed by atoms with Crippen molar-refractivity contribution in [3.8, 4) is 0 Å². The lowest BCUT2D eigenvalue weighted by atomic mass is 10.5. The predicted molar refractivity (Wildman–Crippen MR) is 51.7 cm³/mol. The van der Waals surface area contributed by atoms with Crippen LogP contribution in [0.2, 0.25) is 0 Å². The molecule has 0 bridgehead atoms. The van der Waals surface area contributed by atoms with Gasteiger partial charge < -0.3 is 4.74 Å². The zero-order chi connectivity index (χ0) is 8.91. The van der Waals surface area contributed by atoms with Gasteiger partial charge in [0.05, 0.1) is 4.20 Å². The van der Waals surface area contributed by atoms with Crippen molar-refractivity contribution in [1.29, 1.82) is 0 Å². The zero-order valence-corrected chi connectivity index (χ0v) is 8.55. The van der Waals surface area contributed by atoms with Crippen LogP contribution in [0.1, 0.15) is 27.2 Å². The lowest BCUT2D eigenvalue weighted by molar-refractivity contribution is -0.133. The molecule has 11 heavy (non-hydrogen) atoms. The lowest BCUT2D eigenvalue weighted by Gasteiger charge is -2.21. The van der Waals surface area contributed by atoms with Gasteiger partial charge in [0.2, 0.25) is 0 Å². The molecule has 0 aromatic carbocycles. The van der Waals surface area contributed by atoms with Crippen molar-refractivity contribution in [1.82, 2.24) is 0 Å². The average molecular weight is 192 g/mol. The van der Waals surface area contributed by atoms with Crippen LogP contribution in [-0.4, -0.2) is 15.6 Å². The van der Waals surface area contributed by atoms with E-state index in [0.29, 0.717) is 6.47 Å². The van der Waals surface area contributed by atoms with E-state index in [2.05, 4.69) is 0 Å². The van der Waals surface area contributed by atoms with E-state index in [0.717, 1.165) is 10.6 Å². The minimum absolute atomic E-state index is 0.450. The maximum absolute atomic E-state index is 10.0. The quantitative estimate of drug-likeness (QED) is 0.388. The van der Waals surface area contributed by atoms with Gasteiger partial charge >= 0.3 is 0 Å². The number of carbonyl (C=O) groups excluding carboxylic acids is 1. The maximum Gasteiger partial charge on any atom is 0.294 e. The molecule has 0 radical (unpaired) electrons. The molecule has 0 N–H and O–H groups in total. The van der Waals surface area contributed by atoms with Crippen LogP contribution in [0.3, 0.4) is 0 Å². The van der Waals surface area contributed by atoms with Crippen molar-refractivity contribution >= 4 is 34.6 Å². The molecule has 0 unspecified atom stereocenters. The summed E-state index contributed by atoms with van der Waals surface area (Å²) in [6, 6.07) is 0. The first-order valence-electron chi connectivity index (χ1n) is 3.35. The Kier molecular flexibility index (Phi) is 4.68. The molecule has 0 rings (SSSR count). The summed E-state index contributed by atoms with van der Waals surface area (Å²) in [5, 5.41) is 0. The fourth-order valence-corrected chi connectivity index (χ4v) is 1.87. The van der Waals surface area contributed by atoms with E-state index < -0.39 is 4.93 Å². The van der Waals surface area contributed by atoms with Crippen molar-refractivity contribution in [3.63, 3.8) is 0 Å². The van der Waals surface area contributed by atoms with E-state index in [-0.39, 0.29) is 0 Å². The Labute approximate surface area is 76.7 Å². The summed E-state index contributed by atoms with van der Waals surface area (Å²) in [6.07, 6.45) is 0.825. The number of ether oxygens (including phenoxy) is 1. The van der Waals surface area contributed by atoms with Gasteiger partial charge in [-0.15, -0.1) is 0 Å². The van der Waals surface area contributed by atoms with Crippen LogP contribution in [0.4, 0.5) is 0 Å². The molecule has 0 atom stereocenters. The van der Waals surface area contributed by atoms with E-state index in [4.69, 9.17) is 17.0 Å². The first-order valence-corrected chi connectivity index (χ1v) is 4.57. The highest BCUT2D eigenvalue weighted by Gasteiger charge is 2.20. The topological polar surface area (TPSA) is 26.3 Å². The SMILES string of the molecule is CCC(=S)SC(C)(C)OC=O. The first kappa shape index (κ1) is 10.9. The average Bonchev–Trinajstić information content (AvgIpc) is 1.86. The van der Waals surface area contributed by atoms with Crippen LogP contribution in [0.25, 0.3) is 0 Å². The van der Waals surface area contributed by atoms with Crippen molar-refractivity contribution in [2.24, 2.45) is 0 Å². The third-order valence-electron chi connectivity index (χ3n) is 0.980. The van der Waals surface area contributed by atoms with Crippen molar-refractivity contribution in [2.75, 3.05) is 0 Å². The number of hydrogen-bond donors (Lipinski definition) is 0. The summed E-state index contributed by atoms with van der Waals surface area (Å²) < 4.78 is 5.65. The van der Waals surface area contributed by atoms with Gasteiger partial charge in [-0.3, -0.25) is 4.79 Å². The summed E-state index contributed by atoms with van der Waals surface area (Å²) in [7, 11) is 0. The maximum atomic E-state index is 10.0. The van der Waals surface area contributed by atoms with Gasteiger partial charge in [-0.25, -0.2) is 0 Å². The molecule has 0 aliphatic rings. The Morgan fingerprint density at radius 3 is 2.64 bits per heavy atom. The normalized spacial score (nSPS) is 10.8. The molecule has 0 fully saturated rings. The molecule has 0 amide bonds. The van der Waals surface area contributed by atoms with Gasteiger partial charge in [0.1, 0.15) is 0 Å². The van der Waals surface area contributed by atoms with Gasteiger partial charge in [-0.05, 0) is 20.3 Å². The van der Waals surface area contributed by atoms with Crippen LogP contribution in [0.5, 0.6) is 0 Å². The van der Waals surface area contributed by atoms with Gasteiger partial charge in [-0.1, -0.05) is 30.9 Å². The Balaban J connectivity index is 3.89. The summed E-state index contributed by atoms with van der Waals surface area (Å²) in [5.74, 6) is 0. The van der Waals surface area contributed by atoms with Crippen molar-refractivity contribution in [2.45, 2.75) is 32.1 Å². The monoisotopic (exact) mass is 192 g/mol. The Hall–Kier alpha value is -0.0900. The molecule has 0 saturated heterocycles. The highest BCUT2D eigenvalue weighted by atomic mass is 32.2. The molecule has 64 valence electrons. The highest BCUT2D eigenvalue weighted by Crippen LogP contribution is 2.27. The minimum atomic E-state index is -0.519. The van der Waals surface area contributed by atoms with Gasteiger partial charge in [0.25, 0.3) is 6.47 Å². The predicted octanol–water partition coefficient (Wildman–Crippen LogP) is 2.37. The van der Waals surface area contributed by atoms with Gasteiger partial charge in [0, 0.05) is 0 Å². The molecule has 4 heteroatoms. The molecular weight excluding hydrogens is 180 g/mol. The number of carbonyl (C=O) groups is 1. The van der Waals surface area contributed by atoms with Crippen LogP contribution < -0.4 is 0 Å². The molecule has 0 spiro atoms. The van der Waals surface area contributed by atoms with Crippen molar-refractivity contribution < 1.29 is 9.53 Å². The third kappa shape index (κ3) is 5.21. The van der Waals surface area contributed by atoms with E-state index in [1.165, 1.54) is 11.8 Å². The number of hydrogen-bond acceptors (Lipinski definition) is 4. The second-order valence-corrected chi connectivity index (χ2v) is 4.87. The van der Waals surface area contributed by atoms with Crippen LogP contribution in [0, 0.1) is 0 Å². The summed E-state index contributed by atoms with van der Waals surface area (Å²) >= 11 is 6.39.